The van der Waals surface area contributed by atoms with Gasteiger partial charge in [-0.1, -0.05) is 133 Å². The predicted molar refractivity (Wildman–Crippen MR) is 226 cm³/mol. The highest BCUT2D eigenvalue weighted by molar-refractivity contribution is 6.98. The van der Waals surface area contributed by atoms with Gasteiger partial charge in [0.15, 0.2) is 0 Å². The van der Waals surface area contributed by atoms with Crippen molar-refractivity contribution in [1.82, 2.24) is 9.38 Å². The maximum absolute atomic E-state index is 6.97. The van der Waals surface area contributed by atoms with Crippen LogP contribution in [0.4, 0.5) is 0 Å². The van der Waals surface area contributed by atoms with Gasteiger partial charge in [-0.15, -0.1) is 0 Å². The molecule has 0 bridgehead atoms. The smallest absolute Gasteiger partial charge is 0.260 e. The molecule has 0 amide bonds. The van der Waals surface area contributed by atoms with E-state index in [1.54, 1.807) is 0 Å². The van der Waals surface area contributed by atoms with E-state index in [9.17, 15) is 0 Å². The minimum absolute atomic E-state index is 0.00224. The SMILES string of the molecule is CC(C)(C)c1ccc2c(c1)B1c3cc(C(C)(C)C)ccc3Oc3c1c(cc1cc(-c4cccc5nc6c7ccccc7c7ccccc7n6c45)ccc31)O2. The Balaban J connectivity index is 1.15. The molecular weight excluding hydrogens is 659 g/mol. The molecule has 0 unspecified atom stereocenters. The van der Waals surface area contributed by atoms with Crippen LogP contribution in [0.2, 0.25) is 0 Å². The molecule has 260 valence electrons. The van der Waals surface area contributed by atoms with Gasteiger partial charge in [0.25, 0.3) is 6.71 Å². The molecule has 4 heterocycles. The molecule has 0 N–H and O–H groups in total. The highest BCUT2D eigenvalue weighted by atomic mass is 16.5. The Bertz CT molecular complexity index is 3060. The largest absolute Gasteiger partial charge is 0.458 e. The quantitative estimate of drug-likeness (QED) is 0.126. The molecule has 0 aliphatic carbocycles. The molecule has 5 heteroatoms. The second-order valence-corrected chi connectivity index (χ2v) is 17.2. The van der Waals surface area contributed by atoms with E-state index < -0.39 is 0 Å². The Morgan fingerprint density at radius 1 is 0.556 bits per heavy atom. The summed E-state index contributed by atoms with van der Waals surface area (Å²) < 4.78 is 16.2. The summed E-state index contributed by atoms with van der Waals surface area (Å²) in [6.45, 7) is 13.6. The zero-order valence-electron chi connectivity index (χ0n) is 31.4. The summed E-state index contributed by atoms with van der Waals surface area (Å²) in [4.78, 5) is 5.25. The van der Waals surface area contributed by atoms with Crippen LogP contribution < -0.4 is 25.9 Å². The Kier molecular flexibility index (Phi) is 6.27. The van der Waals surface area contributed by atoms with E-state index in [-0.39, 0.29) is 17.5 Å². The molecule has 0 fully saturated rings. The average molecular weight is 699 g/mol. The molecule has 7 aromatic carbocycles. The van der Waals surface area contributed by atoms with Gasteiger partial charge in [-0.3, -0.25) is 4.40 Å². The van der Waals surface area contributed by atoms with Crippen LogP contribution in [0.25, 0.3) is 60.3 Å². The number of nitrogens with zero attached hydrogens (tertiary/aromatic N) is 2. The third kappa shape index (κ3) is 4.42. The number of fused-ring (bicyclic) bond motifs is 14. The number of para-hydroxylation sites is 2. The zero-order chi connectivity index (χ0) is 36.7. The van der Waals surface area contributed by atoms with Crippen LogP contribution in [0.15, 0.2) is 127 Å². The Labute approximate surface area is 315 Å². The van der Waals surface area contributed by atoms with Crippen molar-refractivity contribution in [2.75, 3.05) is 0 Å². The number of pyridine rings is 1. The highest BCUT2D eigenvalue weighted by Gasteiger charge is 2.42. The van der Waals surface area contributed by atoms with Crippen molar-refractivity contribution in [3.63, 3.8) is 0 Å². The van der Waals surface area contributed by atoms with Crippen LogP contribution in [0.3, 0.4) is 0 Å². The maximum Gasteiger partial charge on any atom is 0.260 e. The number of hydrogen-bond acceptors (Lipinski definition) is 3. The van der Waals surface area contributed by atoms with E-state index in [0.717, 1.165) is 77.9 Å². The average Bonchev–Trinajstić information content (AvgIpc) is 3.57. The second kappa shape index (κ2) is 10.8. The summed E-state index contributed by atoms with van der Waals surface area (Å²) >= 11 is 0. The fraction of sp³-hybridized carbons (Fsp3) is 0.163. The predicted octanol–water partition coefficient (Wildman–Crippen LogP) is 10.9. The molecule has 0 spiro atoms. The first-order valence-electron chi connectivity index (χ1n) is 19.0. The Morgan fingerprint density at radius 2 is 1.22 bits per heavy atom. The molecule has 0 radical (unpaired) electrons. The first kappa shape index (κ1) is 31.5. The van der Waals surface area contributed by atoms with Gasteiger partial charge in [0.2, 0.25) is 0 Å². The van der Waals surface area contributed by atoms with Crippen molar-refractivity contribution in [2.45, 2.75) is 52.4 Å². The van der Waals surface area contributed by atoms with Crippen molar-refractivity contribution in [2.24, 2.45) is 0 Å². The lowest BCUT2D eigenvalue weighted by molar-refractivity contribution is 0.467. The molecular formula is C49H39BN2O2. The first-order chi connectivity index (χ1) is 26.0. The van der Waals surface area contributed by atoms with E-state index in [4.69, 9.17) is 14.5 Å². The van der Waals surface area contributed by atoms with Gasteiger partial charge in [0.05, 0.1) is 16.6 Å². The number of ether oxygens (including phenoxy) is 2. The molecule has 0 saturated heterocycles. The van der Waals surface area contributed by atoms with Crippen molar-refractivity contribution in [3.05, 3.63) is 139 Å². The maximum atomic E-state index is 6.97. The molecule has 9 aromatic rings. The summed E-state index contributed by atoms with van der Waals surface area (Å²) in [6, 6.07) is 46.3. The van der Waals surface area contributed by atoms with Gasteiger partial charge in [-0.25, -0.2) is 4.98 Å². The first-order valence-corrected chi connectivity index (χ1v) is 19.0. The normalized spacial score (nSPS) is 13.6. The number of rotatable bonds is 1. The topological polar surface area (TPSA) is 35.8 Å². The van der Waals surface area contributed by atoms with Crippen molar-refractivity contribution >= 4 is 72.2 Å². The third-order valence-corrected chi connectivity index (χ3v) is 11.8. The molecule has 2 aliphatic rings. The standard InChI is InChI=1S/C49H39BN2O2/c1-48(2,3)30-19-22-41-37(26-30)50-38-27-31(49(4,5)6)20-23-42(38)54-46-33-21-18-28(24-29(33)25-43(53-41)44(46)50)32-15-11-16-39-45(32)52-40-17-10-9-13-35(40)34-12-7-8-14-36(34)47(52)51-39/h7-27H,1-6H3. The molecule has 2 aromatic heterocycles. The molecule has 4 nitrogen and oxygen atoms in total. The number of aromatic nitrogens is 2. The Morgan fingerprint density at radius 3 is 1.94 bits per heavy atom. The third-order valence-electron chi connectivity index (χ3n) is 11.8. The number of benzene rings is 7. The van der Waals surface area contributed by atoms with Gasteiger partial charge in [0.1, 0.15) is 28.6 Å². The van der Waals surface area contributed by atoms with Gasteiger partial charge < -0.3 is 9.47 Å². The van der Waals surface area contributed by atoms with Crippen LogP contribution in [-0.2, 0) is 10.8 Å². The van der Waals surface area contributed by atoms with Crippen LogP contribution in [0.1, 0.15) is 52.7 Å². The molecule has 54 heavy (non-hydrogen) atoms. The van der Waals surface area contributed by atoms with Gasteiger partial charge >= 0.3 is 0 Å². The zero-order valence-corrected chi connectivity index (χ0v) is 31.4. The lowest BCUT2D eigenvalue weighted by Gasteiger charge is -2.35. The summed E-state index contributed by atoms with van der Waals surface area (Å²) in [6.07, 6.45) is 0. The highest BCUT2D eigenvalue weighted by Crippen LogP contribution is 2.43. The van der Waals surface area contributed by atoms with Crippen LogP contribution >= 0.6 is 0 Å². The van der Waals surface area contributed by atoms with Gasteiger partial charge in [-0.2, -0.15) is 0 Å². The molecule has 0 atom stereocenters. The van der Waals surface area contributed by atoms with E-state index in [0.29, 0.717) is 0 Å². The molecule has 11 rings (SSSR count). The van der Waals surface area contributed by atoms with Gasteiger partial charge in [-0.05, 0) is 85.6 Å². The lowest BCUT2D eigenvalue weighted by atomic mass is 9.34. The van der Waals surface area contributed by atoms with E-state index in [2.05, 4.69) is 173 Å². The fourth-order valence-corrected chi connectivity index (χ4v) is 8.96. The van der Waals surface area contributed by atoms with Crippen molar-refractivity contribution in [1.29, 1.82) is 0 Å². The molecule has 0 saturated carbocycles. The summed E-state index contributed by atoms with van der Waals surface area (Å²) in [5.41, 5.74) is 12.5. The minimum Gasteiger partial charge on any atom is -0.458 e. The van der Waals surface area contributed by atoms with Crippen LogP contribution in [0, 0.1) is 0 Å². The monoisotopic (exact) mass is 698 g/mol. The summed E-state index contributed by atoms with van der Waals surface area (Å²) in [5, 5.41) is 5.73. The minimum atomic E-state index is -0.00816. The van der Waals surface area contributed by atoms with Crippen molar-refractivity contribution in [3.8, 4) is 34.1 Å². The lowest BCUT2D eigenvalue weighted by Crippen LogP contribution is -2.57. The van der Waals surface area contributed by atoms with Crippen molar-refractivity contribution < 1.29 is 9.47 Å². The van der Waals surface area contributed by atoms with E-state index in [1.165, 1.54) is 32.8 Å². The van der Waals surface area contributed by atoms with E-state index >= 15 is 0 Å². The van der Waals surface area contributed by atoms with E-state index in [1.807, 2.05) is 0 Å². The number of imidazole rings is 1. The number of hydrogen-bond donors (Lipinski definition) is 0. The summed E-state index contributed by atoms with van der Waals surface area (Å²) in [5.74, 6) is 3.55. The fourth-order valence-electron chi connectivity index (χ4n) is 8.96. The van der Waals surface area contributed by atoms with Crippen LogP contribution in [0.5, 0.6) is 23.0 Å². The second-order valence-electron chi connectivity index (χ2n) is 17.2. The van der Waals surface area contributed by atoms with Crippen LogP contribution in [-0.4, -0.2) is 16.1 Å². The van der Waals surface area contributed by atoms with Gasteiger partial charge in [0, 0.05) is 27.2 Å². The molecule has 2 aliphatic heterocycles. The summed E-state index contributed by atoms with van der Waals surface area (Å²) in [7, 11) is 0. The Hall–Kier alpha value is -6.07.